The molecular formula is C20H18ClN3O5S. The number of rotatable bonds is 6. The van der Waals surface area contributed by atoms with Gasteiger partial charge in [0.1, 0.15) is 12.3 Å². The van der Waals surface area contributed by atoms with Gasteiger partial charge < -0.3 is 10.1 Å². The smallest absolute Gasteiger partial charge is 0.267 e. The summed E-state index contributed by atoms with van der Waals surface area (Å²) in [5.41, 5.74) is 0.717. The van der Waals surface area contributed by atoms with Crippen LogP contribution < -0.4 is 15.6 Å². The number of nitrogens with one attached hydrogen (secondary N) is 1. The fourth-order valence-electron chi connectivity index (χ4n) is 2.67. The van der Waals surface area contributed by atoms with E-state index in [1.165, 1.54) is 31.4 Å². The Bertz CT molecular complexity index is 1250. The average Bonchev–Trinajstić information content (AvgIpc) is 2.70. The molecule has 0 radical (unpaired) electrons. The van der Waals surface area contributed by atoms with E-state index in [0.29, 0.717) is 16.5 Å². The molecule has 0 spiro atoms. The van der Waals surface area contributed by atoms with E-state index in [9.17, 15) is 18.0 Å². The van der Waals surface area contributed by atoms with E-state index < -0.39 is 27.8 Å². The first-order valence-corrected chi connectivity index (χ1v) is 10.6. The Morgan fingerprint density at radius 1 is 1.13 bits per heavy atom. The number of aryl methyl sites for hydroxylation is 1. The molecule has 30 heavy (non-hydrogen) atoms. The SMILES string of the molecule is COc1ccc(C)cc1NC(=O)Cn1nc(S(=O)(=O)c2ccc(Cl)cc2)ccc1=O. The van der Waals surface area contributed by atoms with Crippen LogP contribution in [0, 0.1) is 6.92 Å². The number of benzene rings is 2. The summed E-state index contributed by atoms with van der Waals surface area (Å²) in [6.07, 6.45) is 0. The maximum absolute atomic E-state index is 12.8. The van der Waals surface area contributed by atoms with Gasteiger partial charge in [-0.1, -0.05) is 17.7 Å². The second-order valence-electron chi connectivity index (χ2n) is 6.38. The van der Waals surface area contributed by atoms with Crippen LogP contribution in [0.15, 0.2) is 69.3 Å². The van der Waals surface area contributed by atoms with Crippen molar-refractivity contribution in [3.63, 3.8) is 0 Å². The van der Waals surface area contributed by atoms with Crippen LogP contribution in [0.1, 0.15) is 5.56 Å². The van der Waals surface area contributed by atoms with Gasteiger partial charge in [-0.05, 0) is 55.0 Å². The molecule has 0 saturated heterocycles. The number of sulfone groups is 1. The predicted molar refractivity (Wildman–Crippen MR) is 112 cm³/mol. The average molecular weight is 448 g/mol. The highest BCUT2D eigenvalue weighted by atomic mass is 35.5. The van der Waals surface area contributed by atoms with Crippen LogP contribution in [0.5, 0.6) is 5.75 Å². The van der Waals surface area contributed by atoms with Gasteiger partial charge in [0.15, 0.2) is 5.03 Å². The number of hydrogen-bond donors (Lipinski definition) is 1. The second kappa shape index (κ2) is 8.68. The number of aromatic nitrogens is 2. The molecule has 0 aliphatic heterocycles. The van der Waals surface area contributed by atoms with Crippen molar-refractivity contribution in [2.45, 2.75) is 23.4 Å². The summed E-state index contributed by atoms with van der Waals surface area (Å²) in [5.74, 6) is -0.108. The van der Waals surface area contributed by atoms with Crippen LogP contribution in [0.3, 0.4) is 0 Å². The Morgan fingerprint density at radius 2 is 1.83 bits per heavy atom. The third-order valence-electron chi connectivity index (χ3n) is 4.16. The summed E-state index contributed by atoms with van der Waals surface area (Å²) < 4.78 is 31.5. The van der Waals surface area contributed by atoms with E-state index in [0.717, 1.165) is 22.4 Å². The molecule has 1 N–H and O–H groups in total. The molecule has 1 amide bonds. The van der Waals surface area contributed by atoms with Crippen molar-refractivity contribution < 1.29 is 17.9 Å². The lowest BCUT2D eigenvalue weighted by Gasteiger charge is -2.12. The van der Waals surface area contributed by atoms with Crippen LogP contribution in [0.25, 0.3) is 0 Å². The molecule has 10 heteroatoms. The number of ether oxygens (including phenoxy) is 1. The summed E-state index contributed by atoms with van der Waals surface area (Å²) in [6.45, 7) is 1.38. The van der Waals surface area contributed by atoms with E-state index in [1.807, 2.05) is 13.0 Å². The quantitative estimate of drug-likeness (QED) is 0.622. The molecule has 8 nitrogen and oxygen atoms in total. The normalized spacial score (nSPS) is 11.2. The van der Waals surface area contributed by atoms with Crippen molar-refractivity contribution in [2.24, 2.45) is 0 Å². The van der Waals surface area contributed by atoms with Crippen molar-refractivity contribution >= 4 is 33.0 Å². The zero-order chi connectivity index (χ0) is 21.9. The number of nitrogens with zero attached hydrogens (tertiary/aromatic N) is 2. The van der Waals surface area contributed by atoms with Gasteiger partial charge in [0.25, 0.3) is 5.56 Å². The molecule has 3 aromatic rings. The molecule has 1 aromatic heterocycles. The van der Waals surface area contributed by atoms with Gasteiger partial charge in [-0.25, -0.2) is 13.1 Å². The van der Waals surface area contributed by atoms with Crippen LogP contribution in [-0.2, 0) is 21.2 Å². The maximum Gasteiger partial charge on any atom is 0.267 e. The Morgan fingerprint density at radius 3 is 2.50 bits per heavy atom. The summed E-state index contributed by atoms with van der Waals surface area (Å²) >= 11 is 5.80. The van der Waals surface area contributed by atoms with Crippen molar-refractivity contribution in [1.82, 2.24) is 9.78 Å². The summed E-state index contributed by atoms with van der Waals surface area (Å²) in [5, 5.41) is 6.55. The van der Waals surface area contributed by atoms with Crippen molar-refractivity contribution in [3.05, 3.63) is 75.5 Å². The fourth-order valence-corrected chi connectivity index (χ4v) is 3.98. The minimum absolute atomic E-state index is 0.0291. The number of carbonyl (C=O) groups excluding carboxylic acids is 1. The predicted octanol–water partition coefficient (Wildman–Crippen LogP) is 2.69. The van der Waals surface area contributed by atoms with Gasteiger partial charge >= 0.3 is 0 Å². The lowest BCUT2D eigenvalue weighted by Crippen LogP contribution is -2.30. The minimum atomic E-state index is -3.99. The number of anilines is 1. The molecule has 3 rings (SSSR count). The van der Waals surface area contributed by atoms with Gasteiger partial charge in [-0.15, -0.1) is 0 Å². The van der Waals surface area contributed by atoms with E-state index in [4.69, 9.17) is 16.3 Å². The summed E-state index contributed by atoms with van der Waals surface area (Å²) in [7, 11) is -2.52. The Hall–Kier alpha value is -3.17. The molecule has 0 atom stereocenters. The summed E-state index contributed by atoms with van der Waals surface area (Å²) in [4.78, 5) is 24.6. The second-order valence-corrected chi connectivity index (χ2v) is 8.71. The van der Waals surface area contributed by atoms with Gasteiger partial charge in [0, 0.05) is 11.1 Å². The summed E-state index contributed by atoms with van der Waals surface area (Å²) in [6, 6.07) is 13.0. The van der Waals surface area contributed by atoms with Gasteiger partial charge in [-0.2, -0.15) is 5.10 Å². The van der Waals surface area contributed by atoms with Crippen molar-refractivity contribution in [2.75, 3.05) is 12.4 Å². The number of halogens is 1. The van der Waals surface area contributed by atoms with E-state index in [1.54, 1.807) is 12.1 Å². The van der Waals surface area contributed by atoms with Crippen LogP contribution in [-0.4, -0.2) is 31.2 Å². The molecule has 0 fully saturated rings. The van der Waals surface area contributed by atoms with Gasteiger partial charge in [0.2, 0.25) is 15.7 Å². The third-order valence-corrected chi connectivity index (χ3v) is 6.08. The van der Waals surface area contributed by atoms with Crippen LogP contribution in [0.4, 0.5) is 5.69 Å². The van der Waals surface area contributed by atoms with Crippen molar-refractivity contribution in [3.8, 4) is 5.75 Å². The van der Waals surface area contributed by atoms with Gasteiger partial charge in [-0.3, -0.25) is 9.59 Å². The first kappa shape index (κ1) is 21.5. The topological polar surface area (TPSA) is 107 Å². The van der Waals surface area contributed by atoms with E-state index >= 15 is 0 Å². The highest BCUT2D eigenvalue weighted by Crippen LogP contribution is 2.25. The Kier molecular flexibility index (Phi) is 6.23. The molecule has 2 aromatic carbocycles. The molecule has 0 unspecified atom stereocenters. The Balaban J connectivity index is 1.87. The molecule has 0 aliphatic carbocycles. The van der Waals surface area contributed by atoms with E-state index in [2.05, 4.69) is 10.4 Å². The highest BCUT2D eigenvalue weighted by Gasteiger charge is 2.21. The highest BCUT2D eigenvalue weighted by molar-refractivity contribution is 7.91. The van der Waals surface area contributed by atoms with Crippen LogP contribution in [0.2, 0.25) is 5.02 Å². The monoisotopic (exact) mass is 447 g/mol. The largest absolute Gasteiger partial charge is 0.495 e. The Labute approximate surface area is 178 Å². The zero-order valence-electron chi connectivity index (χ0n) is 16.1. The molecule has 1 heterocycles. The standard InChI is InChI=1S/C20H18ClN3O5S/c1-13-3-8-17(29-2)16(11-13)22-18(25)12-24-20(26)10-9-19(23-24)30(27,28)15-6-4-14(21)5-7-15/h3-11H,12H2,1-2H3,(H,22,25). The maximum atomic E-state index is 12.8. The number of amides is 1. The molecule has 0 aliphatic rings. The lowest BCUT2D eigenvalue weighted by atomic mass is 10.2. The third kappa shape index (κ3) is 4.69. The molecular weight excluding hydrogens is 430 g/mol. The first-order chi connectivity index (χ1) is 14.2. The van der Waals surface area contributed by atoms with Gasteiger partial charge in [0.05, 0.1) is 17.7 Å². The lowest BCUT2D eigenvalue weighted by molar-refractivity contribution is -0.117. The molecule has 156 valence electrons. The molecule has 0 bridgehead atoms. The fraction of sp³-hybridized carbons (Fsp3) is 0.150. The number of carbonyl (C=O) groups is 1. The molecule has 0 saturated carbocycles. The number of methoxy groups -OCH3 is 1. The zero-order valence-corrected chi connectivity index (χ0v) is 17.7. The number of hydrogen-bond acceptors (Lipinski definition) is 6. The van der Waals surface area contributed by atoms with Crippen LogP contribution >= 0.6 is 11.6 Å². The first-order valence-electron chi connectivity index (χ1n) is 8.74. The van der Waals surface area contributed by atoms with E-state index in [-0.39, 0.29) is 9.92 Å². The minimum Gasteiger partial charge on any atom is -0.495 e. The van der Waals surface area contributed by atoms with Crippen molar-refractivity contribution in [1.29, 1.82) is 0 Å².